The number of hydrogen-bond donors (Lipinski definition) is 0. The molecule has 1 fully saturated rings. The van der Waals surface area contributed by atoms with Crippen molar-refractivity contribution in [2.75, 3.05) is 19.8 Å². The van der Waals surface area contributed by atoms with E-state index in [1.54, 1.807) is 11.6 Å². The number of ether oxygens (including phenoxy) is 3. The molecule has 6 nitrogen and oxygen atoms in total. The first-order valence-electron chi connectivity index (χ1n) is 6.69. The Labute approximate surface area is 111 Å². The molecule has 2 aliphatic rings. The molecule has 1 aromatic heterocycles. The third-order valence-electron chi connectivity index (χ3n) is 3.54. The van der Waals surface area contributed by atoms with Crippen molar-refractivity contribution in [2.45, 2.75) is 38.5 Å². The summed E-state index contributed by atoms with van der Waals surface area (Å²) in [4.78, 5) is 11.4. The van der Waals surface area contributed by atoms with Gasteiger partial charge in [-0.15, -0.1) is 0 Å². The number of nitrogens with zero attached hydrogens (tertiary/aromatic N) is 2. The number of hydrogen-bond acceptors (Lipinski definition) is 5. The van der Waals surface area contributed by atoms with E-state index in [0.29, 0.717) is 26.2 Å². The molecule has 104 valence electrons. The molecule has 6 heteroatoms. The third kappa shape index (κ3) is 2.50. The summed E-state index contributed by atoms with van der Waals surface area (Å²) in [6.07, 6.45) is 4.27. The average Bonchev–Trinajstić information content (AvgIpc) is 2.96. The molecule has 2 heterocycles. The molecule has 0 radical (unpaired) electrons. The van der Waals surface area contributed by atoms with Crippen LogP contribution >= 0.6 is 0 Å². The lowest BCUT2D eigenvalue weighted by Gasteiger charge is -2.30. The van der Waals surface area contributed by atoms with Crippen molar-refractivity contribution in [3.63, 3.8) is 0 Å². The van der Waals surface area contributed by atoms with Crippen LogP contribution in [0.1, 0.15) is 24.6 Å². The van der Waals surface area contributed by atoms with Gasteiger partial charge in [0.05, 0.1) is 25.5 Å². The predicted molar refractivity (Wildman–Crippen MR) is 65.5 cm³/mol. The lowest BCUT2D eigenvalue weighted by molar-refractivity contribution is -0.163. The van der Waals surface area contributed by atoms with Crippen LogP contribution in [0.5, 0.6) is 0 Å². The van der Waals surface area contributed by atoms with Crippen molar-refractivity contribution in [1.29, 1.82) is 0 Å². The standard InChI is InChI=1S/C13H18N2O4/c1-2-17-12(16)9-15-8-10-7-13(18-5-6-19-13)4-3-11(10)14-15/h8H,2-7,9H2,1H3. The quantitative estimate of drug-likeness (QED) is 0.753. The fourth-order valence-corrected chi connectivity index (χ4v) is 2.71. The molecule has 0 amide bonds. The lowest BCUT2D eigenvalue weighted by atomic mass is 9.92. The zero-order valence-electron chi connectivity index (χ0n) is 11.1. The molecule has 0 bridgehead atoms. The van der Waals surface area contributed by atoms with E-state index in [-0.39, 0.29) is 12.5 Å². The van der Waals surface area contributed by atoms with Gasteiger partial charge >= 0.3 is 5.97 Å². The Hall–Kier alpha value is -1.40. The molecular weight excluding hydrogens is 248 g/mol. The van der Waals surface area contributed by atoms with E-state index in [0.717, 1.165) is 24.1 Å². The number of carbonyl (C=O) groups excluding carboxylic acids is 1. The first-order valence-corrected chi connectivity index (χ1v) is 6.69. The van der Waals surface area contributed by atoms with Crippen LogP contribution in [0.2, 0.25) is 0 Å². The number of carbonyl (C=O) groups is 1. The average molecular weight is 266 g/mol. The highest BCUT2D eigenvalue weighted by molar-refractivity contribution is 5.69. The third-order valence-corrected chi connectivity index (χ3v) is 3.54. The zero-order chi connectivity index (χ0) is 13.3. The normalized spacial score (nSPS) is 20.5. The molecule has 0 unspecified atom stereocenters. The maximum absolute atomic E-state index is 11.4. The van der Waals surface area contributed by atoms with Crippen molar-refractivity contribution in [3.05, 3.63) is 17.5 Å². The Morgan fingerprint density at radius 3 is 3.05 bits per heavy atom. The monoisotopic (exact) mass is 266 g/mol. The fraction of sp³-hybridized carbons (Fsp3) is 0.692. The summed E-state index contributed by atoms with van der Waals surface area (Å²) in [5, 5.41) is 4.43. The van der Waals surface area contributed by atoms with Crippen LogP contribution in [-0.2, 0) is 38.4 Å². The van der Waals surface area contributed by atoms with Crippen molar-refractivity contribution >= 4 is 5.97 Å². The Bertz CT molecular complexity index is 477. The van der Waals surface area contributed by atoms with Gasteiger partial charge in [-0.05, 0) is 18.9 Å². The first-order chi connectivity index (χ1) is 9.21. The van der Waals surface area contributed by atoms with E-state index >= 15 is 0 Å². The second kappa shape index (κ2) is 4.94. The Kier molecular flexibility index (Phi) is 3.28. The summed E-state index contributed by atoms with van der Waals surface area (Å²) < 4.78 is 18.0. The number of fused-ring (bicyclic) bond motifs is 1. The number of aryl methyl sites for hydroxylation is 1. The molecule has 0 N–H and O–H groups in total. The van der Waals surface area contributed by atoms with Gasteiger partial charge in [-0.3, -0.25) is 9.48 Å². The van der Waals surface area contributed by atoms with Gasteiger partial charge in [0.25, 0.3) is 0 Å². The van der Waals surface area contributed by atoms with Crippen LogP contribution in [0.4, 0.5) is 0 Å². The van der Waals surface area contributed by atoms with Crippen LogP contribution in [0, 0.1) is 0 Å². The highest BCUT2D eigenvalue weighted by Gasteiger charge is 2.40. The largest absolute Gasteiger partial charge is 0.465 e. The molecule has 1 aliphatic carbocycles. The molecule has 0 atom stereocenters. The van der Waals surface area contributed by atoms with Gasteiger partial charge in [0.2, 0.25) is 0 Å². The zero-order valence-corrected chi connectivity index (χ0v) is 11.1. The molecular formula is C13H18N2O4. The van der Waals surface area contributed by atoms with Crippen molar-refractivity contribution in [3.8, 4) is 0 Å². The van der Waals surface area contributed by atoms with Crippen LogP contribution < -0.4 is 0 Å². The van der Waals surface area contributed by atoms with Gasteiger partial charge < -0.3 is 14.2 Å². The van der Waals surface area contributed by atoms with Gasteiger partial charge in [-0.25, -0.2) is 0 Å². The summed E-state index contributed by atoms with van der Waals surface area (Å²) in [5.41, 5.74) is 2.14. The van der Waals surface area contributed by atoms with E-state index < -0.39 is 5.79 Å². The fourth-order valence-electron chi connectivity index (χ4n) is 2.71. The Balaban J connectivity index is 1.72. The van der Waals surface area contributed by atoms with Gasteiger partial charge in [-0.2, -0.15) is 5.10 Å². The molecule has 1 saturated heterocycles. The lowest BCUT2D eigenvalue weighted by Crippen LogP contribution is -2.36. The maximum Gasteiger partial charge on any atom is 0.327 e. The van der Waals surface area contributed by atoms with Crippen molar-refractivity contribution < 1.29 is 19.0 Å². The van der Waals surface area contributed by atoms with E-state index in [4.69, 9.17) is 14.2 Å². The minimum absolute atomic E-state index is 0.162. The molecule has 3 rings (SSSR count). The van der Waals surface area contributed by atoms with E-state index in [9.17, 15) is 4.79 Å². The summed E-state index contributed by atoms with van der Waals surface area (Å²) in [6.45, 7) is 3.67. The highest BCUT2D eigenvalue weighted by atomic mass is 16.7. The van der Waals surface area contributed by atoms with Crippen LogP contribution in [-0.4, -0.2) is 41.4 Å². The van der Waals surface area contributed by atoms with Gasteiger partial charge in [0, 0.05) is 19.0 Å². The number of rotatable bonds is 3. The number of aromatic nitrogens is 2. The minimum atomic E-state index is -0.454. The summed E-state index contributed by atoms with van der Waals surface area (Å²) >= 11 is 0. The van der Waals surface area contributed by atoms with Crippen LogP contribution in [0.25, 0.3) is 0 Å². The molecule has 1 aromatic rings. The maximum atomic E-state index is 11.4. The van der Waals surface area contributed by atoms with E-state index in [1.165, 1.54) is 0 Å². The highest BCUT2D eigenvalue weighted by Crippen LogP contribution is 2.34. The Morgan fingerprint density at radius 1 is 1.53 bits per heavy atom. The first kappa shape index (κ1) is 12.6. The molecule has 19 heavy (non-hydrogen) atoms. The molecule has 0 saturated carbocycles. The van der Waals surface area contributed by atoms with Crippen molar-refractivity contribution in [1.82, 2.24) is 9.78 Å². The molecule has 1 spiro atoms. The summed E-state index contributed by atoms with van der Waals surface area (Å²) in [7, 11) is 0. The molecule has 0 aromatic carbocycles. The van der Waals surface area contributed by atoms with Crippen LogP contribution in [0.3, 0.4) is 0 Å². The van der Waals surface area contributed by atoms with E-state index in [2.05, 4.69) is 5.10 Å². The van der Waals surface area contributed by atoms with Gasteiger partial charge in [0.15, 0.2) is 5.79 Å². The van der Waals surface area contributed by atoms with Crippen molar-refractivity contribution in [2.24, 2.45) is 0 Å². The SMILES string of the molecule is CCOC(=O)Cn1cc2c(n1)CCC1(C2)OCCO1. The summed E-state index contributed by atoms with van der Waals surface area (Å²) in [5.74, 6) is -0.712. The second-order valence-electron chi connectivity index (χ2n) is 4.89. The van der Waals surface area contributed by atoms with Gasteiger partial charge in [-0.1, -0.05) is 0 Å². The summed E-state index contributed by atoms with van der Waals surface area (Å²) in [6, 6.07) is 0. The Morgan fingerprint density at radius 2 is 2.32 bits per heavy atom. The van der Waals surface area contributed by atoms with Crippen LogP contribution in [0.15, 0.2) is 6.20 Å². The minimum Gasteiger partial charge on any atom is -0.465 e. The predicted octanol–water partition coefficient (Wildman–Crippen LogP) is 0.678. The smallest absolute Gasteiger partial charge is 0.327 e. The second-order valence-corrected chi connectivity index (χ2v) is 4.89. The topological polar surface area (TPSA) is 62.6 Å². The number of esters is 1. The van der Waals surface area contributed by atoms with Gasteiger partial charge in [0.1, 0.15) is 6.54 Å². The van der Waals surface area contributed by atoms with E-state index in [1.807, 2.05) is 6.20 Å². The molecule has 1 aliphatic heterocycles.